The first kappa shape index (κ1) is 21.1. The third-order valence-electron chi connectivity index (χ3n) is 4.67. The Hall–Kier alpha value is -4.15. The maximum absolute atomic E-state index is 13.0. The number of hydrogen-bond acceptors (Lipinski definition) is 5. The van der Waals surface area contributed by atoms with Gasteiger partial charge >= 0.3 is 6.18 Å². The average Bonchev–Trinajstić information content (AvgIpc) is 3.20. The molecule has 0 radical (unpaired) electrons. The maximum Gasteiger partial charge on any atom is 0.416 e. The van der Waals surface area contributed by atoms with Crippen molar-refractivity contribution in [2.24, 2.45) is 0 Å². The third kappa shape index (κ3) is 4.04. The van der Waals surface area contributed by atoms with Crippen LogP contribution in [0.25, 0.3) is 16.7 Å². The Morgan fingerprint density at radius 3 is 2.69 bits per heavy atom. The number of ether oxygens (including phenoxy) is 1. The van der Waals surface area contributed by atoms with Gasteiger partial charge < -0.3 is 10.1 Å². The van der Waals surface area contributed by atoms with Gasteiger partial charge in [-0.25, -0.2) is 9.67 Å². The van der Waals surface area contributed by atoms with Crippen molar-refractivity contribution in [1.29, 1.82) is 0 Å². The zero-order valence-electron chi connectivity index (χ0n) is 16.6. The first-order valence-electron chi connectivity index (χ1n) is 9.31. The van der Waals surface area contributed by atoms with Crippen molar-refractivity contribution >= 4 is 22.6 Å². The van der Waals surface area contributed by atoms with Crippen LogP contribution < -0.4 is 15.6 Å². The summed E-state index contributed by atoms with van der Waals surface area (Å²) in [6, 6.07) is 11.3. The molecule has 2 aromatic carbocycles. The predicted molar refractivity (Wildman–Crippen MR) is 110 cm³/mol. The lowest BCUT2D eigenvalue weighted by molar-refractivity contribution is -0.137. The van der Waals surface area contributed by atoms with E-state index in [0.29, 0.717) is 11.4 Å². The van der Waals surface area contributed by atoms with E-state index >= 15 is 0 Å². The number of fused-ring (bicyclic) bond motifs is 1. The van der Waals surface area contributed by atoms with Crippen LogP contribution in [0.1, 0.15) is 5.56 Å². The van der Waals surface area contributed by atoms with Crippen molar-refractivity contribution in [3.63, 3.8) is 0 Å². The molecule has 0 spiro atoms. The van der Waals surface area contributed by atoms with Crippen LogP contribution in [0, 0.1) is 0 Å². The molecule has 0 atom stereocenters. The number of aromatic nitrogens is 4. The minimum absolute atomic E-state index is 0.0648. The Balaban J connectivity index is 1.62. The highest BCUT2D eigenvalue weighted by Gasteiger charge is 2.30. The van der Waals surface area contributed by atoms with Crippen molar-refractivity contribution in [3.05, 3.63) is 77.0 Å². The highest BCUT2D eigenvalue weighted by Crippen LogP contribution is 2.30. The molecule has 0 saturated heterocycles. The molecule has 4 rings (SSSR count). The number of nitrogens with one attached hydrogen (secondary N) is 1. The van der Waals surface area contributed by atoms with E-state index in [1.165, 1.54) is 25.4 Å². The second kappa shape index (κ2) is 8.17. The fourth-order valence-corrected chi connectivity index (χ4v) is 3.16. The molecule has 164 valence electrons. The summed E-state index contributed by atoms with van der Waals surface area (Å²) >= 11 is 0. The van der Waals surface area contributed by atoms with Crippen LogP contribution in [0.3, 0.4) is 0 Å². The lowest BCUT2D eigenvalue weighted by Gasteiger charge is -2.11. The number of carbonyl (C=O) groups excluding carboxylic acids is 1. The van der Waals surface area contributed by atoms with Gasteiger partial charge in [0.05, 0.1) is 30.2 Å². The van der Waals surface area contributed by atoms with Crippen LogP contribution in [0.2, 0.25) is 0 Å². The van der Waals surface area contributed by atoms with Crippen molar-refractivity contribution in [2.75, 3.05) is 12.4 Å². The van der Waals surface area contributed by atoms with Crippen LogP contribution in [0.5, 0.6) is 5.75 Å². The number of halogens is 3. The molecule has 0 unspecified atom stereocenters. The van der Waals surface area contributed by atoms with Crippen molar-refractivity contribution < 1.29 is 22.7 Å². The van der Waals surface area contributed by atoms with Crippen LogP contribution in [0.15, 0.2) is 65.8 Å². The molecule has 0 aliphatic carbocycles. The van der Waals surface area contributed by atoms with Crippen LogP contribution in [-0.4, -0.2) is 32.3 Å². The average molecular weight is 443 g/mol. The highest BCUT2D eigenvalue weighted by molar-refractivity contribution is 5.92. The van der Waals surface area contributed by atoms with Gasteiger partial charge in [0.1, 0.15) is 24.0 Å². The molecule has 11 heteroatoms. The third-order valence-corrected chi connectivity index (χ3v) is 4.67. The molecule has 2 aromatic heterocycles. The van der Waals surface area contributed by atoms with Crippen LogP contribution in [0.4, 0.5) is 18.9 Å². The van der Waals surface area contributed by atoms with E-state index in [-0.39, 0.29) is 23.3 Å². The molecule has 1 amide bonds. The van der Waals surface area contributed by atoms with E-state index in [4.69, 9.17) is 4.74 Å². The standard InChI is InChI=1S/C21H16F3N5O3/c1-32-17-8-3-2-7-16(17)27-18(30)11-28-12-25-19-15(20(28)31)10-26-29(19)14-6-4-5-13(9-14)21(22,23)24/h2-10,12H,11H2,1H3,(H,27,30). The lowest BCUT2D eigenvalue weighted by atomic mass is 10.2. The molecule has 4 aromatic rings. The summed E-state index contributed by atoms with van der Waals surface area (Å²) in [4.78, 5) is 29.4. The van der Waals surface area contributed by atoms with Crippen LogP contribution in [-0.2, 0) is 17.5 Å². The number of hydrogen-bond donors (Lipinski definition) is 1. The Bertz CT molecular complexity index is 1360. The van der Waals surface area contributed by atoms with Gasteiger partial charge in [-0.2, -0.15) is 18.3 Å². The largest absolute Gasteiger partial charge is 0.495 e. The Morgan fingerprint density at radius 1 is 1.16 bits per heavy atom. The van der Waals surface area contributed by atoms with Gasteiger partial charge in [0.2, 0.25) is 5.91 Å². The Morgan fingerprint density at radius 2 is 1.94 bits per heavy atom. The minimum Gasteiger partial charge on any atom is -0.495 e. The van der Waals surface area contributed by atoms with Gasteiger partial charge in [-0.1, -0.05) is 18.2 Å². The minimum atomic E-state index is -4.52. The molecule has 0 aliphatic rings. The number of anilines is 1. The van der Waals surface area contributed by atoms with Crippen molar-refractivity contribution in [2.45, 2.75) is 12.7 Å². The number of para-hydroxylation sites is 2. The van der Waals surface area contributed by atoms with Gasteiger partial charge in [-0.3, -0.25) is 14.2 Å². The number of benzene rings is 2. The van der Waals surface area contributed by atoms with E-state index in [9.17, 15) is 22.8 Å². The van der Waals surface area contributed by atoms with Gasteiger partial charge in [0.25, 0.3) is 5.56 Å². The zero-order chi connectivity index (χ0) is 22.9. The number of carbonyl (C=O) groups is 1. The molecule has 8 nitrogen and oxygen atoms in total. The van der Waals surface area contributed by atoms with Gasteiger partial charge in [0, 0.05) is 0 Å². The van der Waals surface area contributed by atoms with Crippen molar-refractivity contribution in [1.82, 2.24) is 19.3 Å². The zero-order valence-corrected chi connectivity index (χ0v) is 16.6. The summed E-state index contributed by atoms with van der Waals surface area (Å²) < 4.78 is 46.5. The Labute approximate surface area is 178 Å². The molecular formula is C21H16F3N5O3. The first-order chi connectivity index (χ1) is 15.3. The second-order valence-corrected chi connectivity index (χ2v) is 6.77. The lowest BCUT2D eigenvalue weighted by Crippen LogP contribution is -2.28. The number of nitrogens with zero attached hydrogens (tertiary/aromatic N) is 4. The normalized spacial score (nSPS) is 11.5. The molecule has 0 aliphatic heterocycles. The predicted octanol–water partition coefficient (Wildman–Crippen LogP) is 3.25. The quantitative estimate of drug-likeness (QED) is 0.511. The molecule has 2 heterocycles. The monoisotopic (exact) mass is 443 g/mol. The molecule has 0 fully saturated rings. The smallest absolute Gasteiger partial charge is 0.416 e. The van der Waals surface area contributed by atoms with Gasteiger partial charge in [-0.15, -0.1) is 0 Å². The van der Waals surface area contributed by atoms with Crippen LogP contribution >= 0.6 is 0 Å². The molecule has 0 saturated carbocycles. The first-order valence-corrected chi connectivity index (χ1v) is 9.31. The van der Waals surface area contributed by atoms with E-state index in [0.717, 1.165) is 27.7 Å². The maximum atomic E-state index is 13.0. The number of amides is 1. The summed E-state index contributed by atoms with van der Waals surface area (Å²) in [5.74, 6) is -0.0212. The molecule has 1 N–H and O–H groups in total. The number of rotatable bonds is 5. The summed E-state index contributed by atoms with van der Waals surface area (Å²) in [5, 5.41) is 6.74. The van der Waals surface area contributed by atoms with E-state index in [2.05, 4.69) is 15.4 Å². The molecule has 32 heavy (non-hydrogen) atoms. The fraction of sp³-hybridized carbons (Fsp3) is 0.143. The molecular weight excluding hydrogens is 427 g/mol. The second-order valence-electron chi connectivity index (χ2n) is 6.77. The number of methoxy groups -OCH3 is 1. The summed E-state index contributed by atoms with van der Waals surface area (Å²) in [6.45, 7) is -0.325. The summed E-state index contributed by atoms with van der Waals surface area (Å²) in [5.41, 5.74) is -0.771. The summed E-state index contributed by atoms with van der Waals surface area (Å²) in [6.07, 6.45) is -2.16. The summed E-state index contributed by atoms with van der Waals surface area (Å²) in [7, 11) is 1.47. The van der Waals surface area contributed by atoms with Gasteiger partial charge in [-0.05, 0) is 30.3 Å². The number of alkyl halides is 3. The van der Waals surface area contributed by atoms with E-state index in [1.54, 1.807) is 24.3 Å². The fourth-order valence-electron chi connectivity index (χ4n) is 3.16. The SMILES string of the molecule is COc1ccccc1NC(=O)Cn1cnc2c(cnn2-c2cccc(C(F)(F)F)c2)c1=O. The van der Waals surface area contributed by atoms with E-state index < -0.39 is 23.2 Å². The van der Waals surface area contributed by atoms with Crippen molar-refractivity contribution in [3.8, 4) is 11.4 Å². The highest BCUT2D eigenvalue weighted by atomic mass is 19.4. The molecule has 0 bridgehead atoms. The topological polar surface area (TPSA) is 91.0 Å². The van der Waals surface area contributed by atoms with Gasteiger partial charge in [0.15, 0.2) is 5.65 Å². The Kier molecular flexibility index (Phi) is 5.39. The van der Waals surface area contributed by atoms with E-state index in [1.807, 2.05) is 0 Å².